The zero-order valence-corrected chi connectivity index (χ0v) is 10.7. The maximum Gasteiger partial charge on any atom is 0.242 e. The fraction of sp³-hybridized carbons (Fsp3) is 0.917. The molecule has 1 aliphatic carbocycles. The van der Waals surface area contributed by atoms with Gasteiger partial charge < -0.3 is 0 Å². The summed E-state index contributed by atoms with van der Waals surface area (Å²) in [7, 11) is 0. The van der Waals surface area contributed by atoms with Crippen LogP contribution in [0.1, 0.15) is 40.0 Å². The summed E-state index contributed by atoms with van der Waals surface area (Å²) in [5.74, 6) is -0.984. The van der Waals surface area contributed by atoms with E-state index in [1.807, 2.05) is 20.8 Å². The van der Waals surface area contributed by atoms with Crippen molar-refractivity contribution in [3.63, 3.8) is 0 Å². The van der Waals surface area contributed by atoms with E-state index in [2.05, 4.69) is 0 Å². The van der Waals surface area contributed by atoms with Crippen LogP contribution in [0.5, 0.6) is 0 Å². The molecule has 0 aromatic heterocycles. The normalized spacial score (nSPS) is 31.8. The highest BCUT2D eigenvalue weighted by atomic mass is 35.5. The lowest BCUT2D eigenvalue weighted by atomic mass is 9.73. The van der Waals surface area contributed by atoms with Crippen molar-refractivity contribution in [1.82, 2.24) is 0 Å². The summed E-state index contributed by atoms with van der Waals surface area (Å²) >= 11 is 5.87. The van der Waals surface area contributed by atoms with Gasteiger partial charge in [-0.3, -0.25) is 4.79 Å². The fourth-order valence-electron chi connectivity index (χ4n) is 2.28. The van der Waals surface area contributed by atoms with Gasteiger partial charge in [-0.2, -0.15) is 0 Å². The molecule has 1 rings (SSSR count). The Labute approximate surface area is 101 Å². The minimum Gasteiger partial charge on any atom is -0.299 e. The topological polar surface area (TPSA) is 17.1 Å². The third-order valence-electron chi connectivity index (χ3n) is 3.25. The number of rotatable bonds is 2. The predicted molar refractivity (Wildman–Crippen MR) is 60.9 cm³/mol. The Bertz CT molecular complexity index is 260. The molecule has 3 unspecified atom stereocenters. The van der Waals surface area contributed by atoms with Crippen LogP contribution in [0.15, 0.2) is 0 Å². The molecule has 0 aliphatic heterocycles. The van der Waals surface area contributed by atoms with E-state index >= 15 is 0 Å². The highest BCUT2D eigenvalue weighted by Gasteiger charge is 2.40. The molecule has 94 valence electrons. The molecule has 1 aliphatic rings. The van der Waals surface area contributed by atoms with Crippen molar-refractivity contribution in [2.24, 2.45) is 17.3 Å². The number of ketones is 1. The molecule has 16 heavy (non-hydrogen) atoms. The van der Waals surface area contributed by atoms with Crippen molar-refractivity contribution in [3.05, 3.63) is 0 Å². The van der Waals surface area contributed by atoms with Crippen molar-refractivity contribution in [3.8, 4) is 0 Å². The molecule has 0 N–H and O–H groups in total. The monoisotopic (exact) mass is 252 g/mol. The van der Waals surface area contributed by atoms with Crippen molar-refractivity contribution < 1.29 is 13.6 Å². The van der Waals surface area contributed by atoms with Crippen LogP contribution in [0.4, 0.5) is 8.78 Å². The third-order valence-corrected chi connectivity index (χ3v) is 3.79. The minimum atomic E-state index is -2.42. The molecule has 1 nitrogen and oxygen atoms in total. The molecule has 0 heterocycles. The van der Waals surface area contributed by atoms with E-state index < -0.39 is 23.1 Å². The average molecular weight is 253 g/mol. The first-order valence-electron chi connectivity index (χ1n) is 5.70. The van der Waals surface area contributed by atoms with Gasteiger partial charge in [0.1, 0.15) is 5.78 Å². The first kappa shape index (κ1) is 13.9. The second-order valence-electron chi connectivity index (χ2n) is 5.64. The van der Waals surface area contributed by atoms with Crippen LogP contribution in [0.3, 0.4) is 0 Å². The van der Waals surface area contributed by atoms with Gasteiger partial charge in [0.05, 0.1) is 0 Å². The van der Waals surface area contributed by atoms with Crippen molar-refractivity contribution in [1.29, 1.82) is 0 Å². The highest BCUT2D eigenvalue weighted by Crippen LogP contribution is 2.39. The van der Waals surface area contributed by atoms with E-state index in [-0.39, 0.29) is 18.1 Å². The standard InChI is InChI=1S/C12H19ClF2O/c1-12(2,3)10(16)7-4-5-9(13)8(6-7)11(14)15/h7-9,11H,4-6H2,1-3H3. The number of halogens is 3. The Kier molecular flexibility index (Phi) is 4.33. The summed E-state index contributed by atoms with van der Waals surface area (Å²) in [6, 6.07) is 0. The zero-order chi connectivity index (χ0) is 12.5. The smallest absolute Gasteiger partial charge is 0.242 e. The number of alkyl halides is 3. The quantitative estimate of drug-likeness (QED) is 0.682. The molecular formula is C12H19ClF2O. The van der Waals surface area contributed by atoms with Crippen molar-refractivity contribution in [2.75, 3.05) is 0 Å². The lowest BCUT2D eigenvalue weighted by Gasteiger charge is -2.34. The molecule has 1 saturated carbocycles. The van der Waals surface area contributed by atoms with Crippen LogP contribution in [0.2, 0.25) is 0 Å². The molecule has 0 aromatic rings. The highest BCUT2D eigenvalue weighted by molar-refractivity contribution is 6.20. The van der Waals surface area contributed by atoms with Gasteiger partial charge in [-0.25, -0.2) is 8.78 Å². The first-order chi connectivity index (χ1) is 7.23. The van der Waals surface area contributed by atoms with Gasteiger partial charge in [-0.15, -0.1) is 11.6 Å². The van der Waals surface area contributed by atoms with Crippen LogP contribution in [0, 0.1) is 17.3 Å². The fourth-order valence-corrected chi connectivity index (χ4v) is 2.62. The molecule has 0 spiro atoms. The van der Waals surface area contributed by atoms with Gasteiger partial charge in [0, 0.05) is 22.6 Å². The summed E-state index contributed by atoms with van der Waals surface area (Å²) in [4.78, 5) is 12.0. The predicted octanol–water partition coefficient (Wildman–Crippen LogP) is 3.89. The summed E-state index contributed by atoms with van der Waals surface area (Å²) in [6.07, 6.45) is -1.02. The zero-order valence-electron chi connectivity index (χ0n) is 9.97. The Morgan fingerprint density at radius 2 is 1.88 bits per heavy atom. The molecule has 0 bridgehead atoms. The molecule has 0 amide bonds. The van der Waals surface area contributed by atoms with Crippen LogP contribution in [0.25, 0.3) is 0 Å². The van der Waals surface area contributed by atoms with E-state index in [4.69, 9.17) is 11.6 Å². The Balaban J connectivity index is 2.69. The van der Waals surface area contributed by atoms with Gasteiger partial charge >= 0.3 is 0 Å². The molecular weight excluding hydrogens is 234 g/mol. The largest absolute Gasteiger partial charge is 0.299 e. The number of carbonyl (C=O) groups excluding carboxylic acids is 1. The van der Waals surface area contributed by atoms with Crippen LogP contribution < -0.4 is 0 Å². The number of Topliss-reactive ketones (excluding diaryl/α,β-unsaturated/α-hetero) is 1. The first-order valence-corrected chi connectivity index (χ1v) is 6.13. The Morgan fingerprint density at radius 3 is 2.31 bits per heavy atom. The van der Waals surface area contributed by atoms with Gasteiger partial charge in [0.2, 0.25) is 6.43 Å². The lowest BCUT2D eigenvalue weighted by molar-refractivity contribution is -0.132. The second kappa shape index (κ2) is 4.99. The van der Waals surface area contributed by atoms with E-state index in [9.17, 15) is 13.6 Å². The number of carbonyl (C=O) groups is 1. The molecule has 0 saturated heterocycles. The summed E-state index contributed by atoms with van der Waals surface area (Å²) < 4.78 is 25.4. The van der Waals surface area contributed by atoms with Crippen molar-refractivity contribution in [2.45, 2.75) is 51.8 Å². The SMILES string of the molecule is CC(C)(C)C(=O)C1CCC(Cl)C(C(F)F)C1. The van der Waals surface area contributed by atoms with Gasteiger partial charge in [0.15, 0.2) is 0 Å². The van der Waals surface area contributed by atoms with Gasteiger partial charge in [0.25, 0.3) is 0 Å². The van der Waals surface area contributed by atoms with Crippen LogP contribution in [-0.4, -0.2) is 17.6 Å². The molecule has 1 fully saturated rings. The number of hydrogen-bond donors (Lipinski definition) is 0. The second-order valence-corrected chi connectivity index (χ2v) is 6.20. The average Bonchev–Trinajstić information content (AvgIpc) is 2.15. The van der Waals surface area contributed by atoms with Gasteiger partial charge in [-0.05, 0) is 19.3 Å². The minimum absolute atomic E-state index is 0.0849. The summed E-state index contributed by atoms with van der Waals surface area (Å²) in [6.45, 7) is 5.50. The van der Waals surface area contributed by atoms with Crippen LogP contribution >= 0.6 is 11.6 Å². The summed E-state index contributed by atoms with van der Waals surface area (Å²) in [5.41, 5.74) is -0.448. The van der Waals surface area contributed by atoms with E-state index in [1.54, 1.807) is 0 Å². The van der Waals surface area contributed by atoms with E-state index in [0.717, 1.165) is 0 Å². The maximum atomic E-state index is 12.7. The summed E-state index contributed by atoms with van der Waals surface area (Å²) in [5, 5.41) is -0.482. The van der Waals surface area contributed by atoms with E-state index in [0.29, 0.717) is 12.8 Å². The number of hydrogen-bond acceptors (Lipinski definition) is 1. The molecule has 0 radical (unpaired) electrons. The Morgan fingerprint density at radius 1 is 1.31 bits per heavy atom. The Hall–Kier alpha value is -0.180. The third kappa shape index (κ3) is 3.16. The van der Waals surface area contributed by atoms with Gasteiger partial charge in [-0.1, -0.05) is 20.8 Å². The molecule has 4 heteroatoms. The van der Waals surface area contributed by atoms with Crippen molar-refractivity contribution >= 4 is 17.4 Å². The maximum absolute atomic E-state index is 12.7. The lowest BCUT2D eigenvalue weighted by Crippen LogP contribution is -2.37. The van der Waals surface area contributed by atoms with E-state index in [1.165, 1.54) is 0 Å². The van der Waals surface area contributed by atoms with Crippen LogP contribution in [-0.2, 0) is 4.79 Å². The molecule has 3 atom stereocenters. The molecule has 0 aromatic carbocycles.